The van der Waals surface area contributed by atoms with E-state index in [1.165, 1.54) is 9.87 Å². The molecule has 156 valence electrons. The van der Waals surface area contributed by atoms with Crippen LogP contribution in [0, 0.1) is 13.8 Å². The normalized spacial score (nSPS) is 16.6. The molecule has 0 radical (unpaired) electrons. The van der Waals surface area contributed by atoms with Gasteiger partial charge in [-0.15, -0.1) is 0 Å². The maximum absolute atomic E-state index is 12.9. The summed E-state index contributed by atoms with van der Waals surface area (Å²) in [6, 6.07) is 15.3. The van der Waals surface area contributed by atoms with Crippen LogP contribution in [-0.2, 0) is 21.4 Å². The summed E-state index contributed by atoms with van der Waals surface area (Å²) in [5, 5.41) is 0. The van der Waals surface area contributed by atoms with Crippen molar-refractivity contribution >= 4 is 15.9 Å². The number of hydrogen-bond acceptors (Lipinski definition) is 3. The summed E-state index contributed by atoms with van der Waals surface area (Å²) in [5.74, 6) is 0.0710. The average Bonchev–Trinajstić information content (AvgIpc) is 2.70. The largest absolute Gasteiger partial charge is 0.335 e. The highest BCUT2D eigenvalue weighted by atomic mass is 32.2. The van der Waals surface area contributed by atoms with Crippen molar-refractivity contribution in [1.82, 2.24) is 9.21 Å². The second-order valence-corrected chi connectivity index (χ2v) is 9.77. The number of likely N-dealkylation sites (N-methyl/N-ethyl adjacent to an activating group) is 1. The van der Waals surface area contributed by atoms with Gasteiger partial charge in [0.05, 0.1) is 11.9 Å². The topological polar surface area (TPSA) is 62.1 Å². The van der Waals surface area contributed by atoms with Gasteiger partial charge >= 0.3 is 0 Å². The quantitative estimate of drug-likeness (QED) is 0.760. The van der Waals surface area contributed by atoms with Gasteiger partial charge in [-0.25, -0.2) is 8.42 Å². The SMILES string of the molecule is Cc1ccc(S(=O)(=O)N2CCN(C(=O)C[NH+](C)Cc3ccccc3)CC2)cc1C. The maximum Gasteiger partial charge on any atom is 0.277 e. The molecule has 1 N–H and O–H groups in total. The summed E-state index contributed by atoms with van der Waals surface area (Å²) in [6.45, 7) is 6.60. The monoisotopic (exact) mass is 416 g/mol. The molecular formula is C22H30N3O3S+. The number of nitrogens with zero attached hydrogens (tertiary/aromatic N) is 2. The number of quaternary nitrogens is 1. The number of sulfonamides is 1. The number of piperazine rings is 1. The van der Waals surface area contributed by atoms with Crippen molar-refractivity contribution in [1.29, 1.82) is 0 Å². The molecule has 1 fully saturated rings. The Kier molecular flexibility index (Phi) is 6.72. The van der Waals surface area contributed by atoms with Crippen molar-refractivity contribution in [2.45, 2.75) is 25.3 Å². The van der Waals surface area contributed by atoms with Gasteiger partial charge in [-0.1, -0.05) is 36.4 Å². The zero-order chi connectivity index (χ0) is 21.0. The Bertz CT molecular complexity index is 953. The molecule has 29 heavy (non-hydrogen) atoms. The summed E-state index contributed by atoms with van der Waals surface area (Å²) in [6.07, 6.45) is 0. The number of hydrogen-bond donors (Lipinski definition) is 1. The second kappa shape index (κ2) is 9.07. The summed E-state index contributed by atoms with van der Waals surface area (Å²) in [7, 11) is -1.52. The summed E-state index contributed by atoms with van der Waals surface area (Å²) >= 11 is 0. The number of carbonyl (C=O) groups is 1. The van der Waals surface area contributed by atoms with Gasteiger partial charge in [0.15, 0.2) is 6.54 Å². The number of rotatable bonds is 6. The van der Waals surface area contributed by atoms with Gasteiger partial charge in [0.25, 0.3) is 5.91 Å². The fourth-order valence-corrected chi connectivity index (χ4v) is 5.09. The number of benzene rings is 2. The molecule has 1 amide bonds. The molecule has 1 aliphatic heterocycles. The van der Waals surface area contributed by atoms with E-state index in [4.69, 9.17) is 0 Å². The molecule has 7 heteroatoms. The first kappa shape index (κ1) is 21.5. The highest BCUT2D eigenvalue weighted by Crippen LogP contribution is 2.20. The first-order chi connectivity index (χ1) is 13.8. The fraction of sp³-hybridized carbons (Fsp3) is 0.409. The van der Waals surface area contributed by atoms with Crippen molar-refractivity contribution < 1.29 is 18.1 Å². The Hall–Kier alpha value is -2.22. The molecule has 2 aromatic rings. The van der Waals surface area contributed by atoms with E-state index < -0.39 is 10.0 Å². The third-order valence-corrected chi connectivity index (χ3v) is 7.40. The van der Waals surface area contributed by atoms with E-state index in [0.29, 0.717) is 37.6 Å². The van der Waals surface area contributed by atoms with Crippen molar-refractivity contribution in [3.8, 4) is 0 Å². The zero-order valence-corrected chi connectivity index (χ0v) is 18.2. The standard InChI is InChI=1S/C22H29N3O3S/c1-18-9-10-21(15-19(18)2)29(27,28)25-13-11-24(12-14-25)22(26)17-23(3)16-20-7-5-4-6-8-20/h4-10,15H,11-14,16-17H2,1-3H3/p+1. The van der Waals surface area contributed by atoms with Crippen LogP contribution >= 0.6 is 0 Å². The van der Waals surface area contributed by atoms with Crippen LogP contribution in [0.4, 0.5) is 0 Å². The molecule has 0 saturated carbocycles. The lowest BCUT2D eigenvalue weighted by molar-refractivity contribution is -0.885. The van der Waals surface area contributed by atoms with E-state index in [1.54, 1.807) is 17.0 Å². The molecule has 0 bridgehead atoms. The number of amides is 1. The minimum absolute atomic E-state index is 0.0710. The molecule has 3 rings (SSSR count). The van der Waals surface area contributed by atoms with Gasteiger partial charge < -0.3 is 9.80 Å². The predicted molar refractivity (Wildman–Crippen MR) is 113 cm³/mol. The van der Waals surface area contributed by atoms with Crippen LogP contribution in [0.3, 0.4) is 0 Å². The molecule has 6 nitrogen and oxygen atoms in total. The third kappa shape index (κ3) is 5.23. The Morgan fingerprint density at radius 3 is 2.24 bits per heavy atom. The molecule has 1 unspecified atom stereocenters. The highest BCUT2D eigenvalue weighted by Gasteiger charge is 2.31. The molecule has 1 saturated heterocycles. The minimum atomic E-state index is -3.52. The fourth-order valence-electron chi connectivity index (χ4n) is 3.58. The Morgan fingerprint density at radius 2 is 1.62 bits per heavy atom. The van der Waals surface area contributed by atoms with Crippen molar-refractivity contribution in [2.24, 2.45) is 0 Å². The Morgan fingerprint density at radius 1 is 0.966 bits per heavy atom. The minimum Gasteiger partial charge on any atom is -0.335 e. The van der Waals surface area contributed by atoms with Crippen molar-refractivity contribution in [3.05, 3.63) is 65.2 Å². The zero-order valence-electron chi connectivity index (χ0n) is 17.4. The van der Waals surface area contributed by atoms with Crippen LogP contribution in [0.1, 0.15) is 16.7 Å². The van der Waals surface area contributed by atoms with E-state index in [9.17, 15) is 13.2 Å². The molecule has 1 aliphatic rings. The molecule has 0 spiro atoms. The van der Waals surface area contributed by atoms with Crippen LogP contribution in [0.15, 0.2) is 53.4 Å². The smallest absolute Gasteiger partial charge is 0.277 e. The van der Waals surface area contributed by atoms with E-state index in [2.05, 4.69) is 12.1 Å². The van der Waals surface area contributed by atoms with Gasteiger partial charge in [-0.2, -0.15) is 4.31 Å². The van der Waals surface area contributed by atoms with Crippen LogP contribution in [0.2, 0.25) is 0 Å². The molecule has 1 heterocycles. The van der Waals surface area contributed by atoms with Crippen LogP contribution < -0.4 is 4.90 Å². The Labute approximate surface area is 173 Å². The lowest BCUT2D eigenvalue weighted by Gasteiger charge is -2.34. The van der Waals surface area contributed by atoms with Crippen molar-refractivity contribution in [2.75, 3.05) is 39.8 Å². The summed E-state index contributed by atoms with van der Waals surface area (Å²) in [5.41, 5.74) is 3.23. The molecule has 0 aliphatic carbocycles. The van der Waals surface area contributed by atoms with Gasteiger partial charge in [0.2, 0.25) is 10.0 Å². The van der Waals surface area contributed by atoms with E-state index >= 15 is 0 Å². The predicted octanol–water partition coefficient (Wildman–Crippen LogP) is 0.851. The number of carbonyl (C=O) groups excluding carboxylic acids is 1. The lowest BCUT2D eigenvalue weighted by atomic mass is 10.1. The number of aryl methyl sites for hydroxylation is 2. The van der Waals surface area contributed by atoms with E-state index in [1.807, 2.05) is 45.2 Å². The van der Waals surface area contributed by atoms with Crippen LogP contribution in [0.5, 0.6) is 0 Å². The van der Waals surface area contributed by atoms with E-state index in [0.717, 1.165) is 22.6 Å². The Balaban J connectivity index is 1.55. The van der Waals surface area contributed by atoms with Crippen molar-refractivity contribution in [3.63, 3.8) is 0 Å². The van der Waals surface area contributed by atoms with Gasteiger partial charge in [0.1, 0.15) is 6.54 Å². The lowest BCUT2D eigenvalue weighted by Crippen LogP contribution is -3.09. The highest BCUT2D eigenvalue weighted by molar-refractivity contribution is 7.89. The summed E-state index contributed by atoms with van der Waals surface area (Å²) in [4.78, 5) is 15.9. The molecule has 2 aromatic carbocycles. The summed E-state index contributed by atoms with van der Waals surface area (Å²) < 4.78 is 27.3. The third-order valence-electron chi connectivity index (χ3n) is 5.51. The first-order valence-electron chi connectivity index (χ1n) is 9.98. The van der Waals surface area contributed by atoms with Crippen LogP contribution in [-0.4, -0.2) is 63.3 Å². The van der Waals surface area contributed by atoms with Crippen LogP contribution in [0.25, 0.3) is 0 Å². The van der Waals surface area contributed by atoms with E-state index in [-0.39, 0.29) is 5.91 Å². The first-order valence-corrected chi connectivity index (χ1v) is 11.4. The number of nitrogens with one attached hydrogen (secondary N) is 1. The average molecular weight is 417 g/mol. The van der Waals surface area contributed by atoms with Gasteiger partial charge in [-0.05, 0) is 37.1 Å². The molecule has 0 aromatic heterocycles. The maximum atomic E-state index is 12.9. The molecule has 1 atom stereocenters. The molecular weight excluding hydrogens is 386 g/mol. The van der Waals surface area contributed by atoms with Gasteiger partial charge in [-0.3, -0.25) is 4.79 Å². The second-order valence-electron chi connectivity index (χ2n) is 7.83. The van der Waals surface area contributed by atoms with Gasteiger partial charge in [0, 0.05) is 31.7 Å².